The molecule has 1 N–H and O–H groups in total. The van der Waals surface area contributed by atoms with Crippen LogP contribution in [0.4, 0.5) is 0 Å². The molecule has 4 heterocycles. The van der Waals surface area contributed by atoms with E-state index in [9.17, 15) is 9.32 Å². The quantitative estimate of drug-likeness (QED) is 0.178. The van der Waals surface area contributed by atoms with Gasteiger partial charge in [0.1, 0.15) is 23.0 Å². The van der Waals surface area contributed by atoms with Crippen molar-refractivity contribution >= 4 is 10.8 Å². The van der Waals surface area contributed by atoms with Crippen LogP contribution >= 0.6 is 0 Å². The maximum absolute atomic E-state index is 14.1. The molecule has 7 nitrogen and oxygen atoms in total. The van der Waals surface area contributed by atoms with E-state index in [1.54, 1.807) is 27.4 Å². The van der Waals surface area contributed by atoms with Gasteiger partial charge in [0.05, 0.1) is 35.5 Å². The number of benzene rings is 5. The fraction of sp³-hybridized carbons (Fsp3) is 0.231. The van der Waals surface area contributed by atoms with Gasteiger partial charge < -0.3 is 28.8 Å². The summed E-state index contributed by atoms with van der Waals surface area (Å²) in [5.74, 6) is 2.98. The van der Waals surface area contributed by atoms with E-state index in [0.717, 1.165) is 33.4 Å². The molecule has 9 rings (SSSR count). The van der Waals surface area contributed by atoms with Crippen LogP contribution < -0.4 is 18.9 Å². The van der Waals surface area contributed by atoms with Crippen molar-refractivity contribution in [3.8, 4) is 45.6 Å². The van der Waals surface area contributed by atoms with Gasteiger partial charge in [-0.25, -0.2) is 4.21 Å². The average Bonchev–Trinajstić information content (AvgIpc) is 3.09. The van der Waals surface area contributed by atoms with Crippen LogP contribution in [0, 0.1) is 6.92 Å². The van der Waals surface area contributed by atoms with E-state index in [4.69, 9.17) is 23.7 Å². The van der Waals surface area contributed by atoms with E-state index >= 15 is 0 Å². The third-order valence-electron chi connectivity index (χ3n) is 8.33. The molecule has 0 fully saturated rings. The zero-order valence-electron chi connectivity index (χ0n) is 27.0. The first-order valence-corrected chi connectivity index (χ1v) is 16.6. The van der Waals surface area contributed by atoms with E-state index in [0.29, 0.717) is 69.8 Å². The molecule has 0 saturated carbocycles. The molecule has 47 heavy (non-hydrogen) atoms. The molecular formula is C39H38O7S. The SMILES string of the molecule is COCOc1cc2cc(O)c1-c1ccc(OC)cc1CCc1ccc(c([S@@](=O)c3ccc(C)cc3)c1)Oc1cc(ccc1OC)CC2. The minimum atomic E-state index is -1.50. The highest BCUT2D eigenvalue weighted by atomic mass is 32.2. The minimum absolute atomic E-state index is 0.0355. The topological polar surface area (TPSA) is 83.5 Å². The van der Waals surface area contributed by atoms with Crippen LogP contribution in [0.15, 0.2) is 101 Å². The first-order chi connectivity index (χ1) is 22.9. The second kappa shape index (κ2) is 14.3. The van der Waals surface area contributed by atoms with Crippen molar-refractivity contribution in [1.82, 2.24) is 0 Å². The van der Waals surface area contributed by atoms with Crippen LogP contribution in [-0.4, -0.2) is 37.4 Å². The van der Waals surface area contributed by atoms with Crippen LogP contribution in [0.25, 0.3) is 11.1 Å². The van der Waals surface area contributed by atoms with Gasteiger partial charge in [0.15, 0.2) is 18.3 Å². The maximum Gasteiger partial charge on any atom is 0.188 e. The normalized spacial score (nSPS) is 13.2. The Morgan fingerprint density at radius 3 is 2.23 bits per heavy atom. The lowest BCUT2D eigenvalue weighted by Gasteiger charge is -2.19. The lowest BCUT2D eigenvalue weighted by atomic mass is 9.92. The molecule has 1 atom stereocenters. The number of hydrogen-bond donors (Lipinski definition) is 1. The van der Waals surface area contributed by atoms with Gasteiger partial charge in [0.25, 0.3) is 0 Å². The molecular weight excluding hydrogens is 612 g/mol. The molecule has 0 amide bonds. The number of aryl methyl sites for hydroxylation is 5. The van der Waals surface area contributed by atoms with Crippen LogP contribution in [0.2, 0.25) is 0 Å². The second-order valence-electron chi connectivity index (χ2n) is 11.5. The molecule has 0 radical (unpaired) electrons. The Kier molecular flexibility index (Phi) is 9.80. The molecule has 4 aliphatic rings. The average molecular weight is 651 g/mol. The van der Waals surface area contributed by atoms with Crippen molar-refractivity contribution in [3.05, 3.63) is 119 Å². The van der Waals surface area contributed by atoms with Crippen molar-refractivity contribution in [2.75, 3.05) is 28.1 Å². The summed E-state index contributed by atoms with van der Waals surface area (Å²) in [6.07, 6.45) is 2.54. The van der Waals surface area contributed by atoms with Gasteiger partial charge in [-0.05, 0) is 121 Å². The minimum Gasteiger partial charge on any atom is -0.507 e. The van der Waals surface area contributed by atoms with Gasteiger partial charge in [-0.3, -0.25) is 0 Å². The predicted molar refractivity (Wildman–Crippen MR) is 183 cm³/mol. The predicted octanol–water partition coefficient (Wildman–Crippen LogP) is 8.21. The molecule has 242 valence electrons. The number of rotatable bonds is 7. The van der Waals surface area contributed by atoms with E-state index in [1.165, 1.54) is 0 Å². The highest BCUT2D eigenvalue weighted by molar-refractivity contribution is 7.85. The Balaban J connectivity index is 1.52. The van der Waals surface area contributed by atoms with Crippen molar-refractivity contribution in [1.29, 1.82) is 0 Å². The Morgan fingerprint density at radius 2 is 1.47 bits per heavy atom. The van der Waals surface area contributed by atoms with Crippen molar-refractivity contribution < 1.29 is 33.0 Å². The van der Waals surface area contributed by atoms with E-state index < -0.39 is 10.8 Å². The Bertz CT molecular complexity index is 1920. The summed E-state index contributed by atoms with van der Waals surface area (Å²) in [6.45, 7) is 2.04. The molecule has 0 saturated heterocycles. The monoisotopic (exact) mass is 650 g/mol. The number of ether oxygens (including phenoxy) is 5. The first kappa shape index (κ1) is 32.2. The number of methoxy groups -OCH3 is 3. The zero-order chi connectivity index (χ0) is 32.9. The summed E-state index contributed by atoms with van der Waals surface area (Å²) in [5, 5.41) is 11.5. The number of phenols is 1. The molecule has 6 bridgehead atoms. The molecule has 8 heteroatoms. The molecule has 5 aromatic rings. The molecule has 0 aliphatic carbocycles. The maximum atomic E-state index is 14.1. The van der Waals surface area contributed by atoms with Crippen LogP contribution in [0.3, 0.4) is 0 Å². The third kappa shape index (κ3) is 7.14. The molecule has 5 aromatic carbocycles. The number of phenolic OH excluding ortho intramolecular Hbond substituents is 1. The summed E-state index contributed by atoms with van der Waals surface area (Å²) in [4.78, 5) is 1.27. The summed E-state index contributed by atoms with van der Waals surface area (Å²) in [7, 11) is 3.31. The smallest absolute Gasteiger partial charge is 0.188 e. The van der Waals surface area contributed by atoms with Gasteiger partial charge in [0.2, 0.25) is 0 Å². The summed E-state index contributed by atoms with van der Waals surface area (Å²) < 4.78 is 43.2. The van der Waals surface area contributed by atoms with Crippen molar-refractivity contribution in [2.45, 2.75) is 42.4 Å². The lowest BCUT2D eigenvalue weighted by Crippen LogP contribution is -2.04. The summed E-state index contributed by atoms with van der Waals surface area (Å²) in [6, 6.07) is 29.0. The van der Waals surface area contributed by atoms with E-state index in [2.05, 4.69) is 0 Å². The van der Waals surface area contributed by atoms with Gasteiger partial charge in [-0.2, -0.15) is 0 Å². The first-order valence-electron chi connectivity index (χ1n) is 15.5. The van der Waals surface area contributed by atoms with Gasteiger partial charge in [-0.1, -0.05) is 35.9 Å². The zero-order valence-corrected chi connectivity index (χ0v) is 27.8. The fourth-order valence-corrected chi connectivity index (χ4v) is 7.01. The van der Waals surface area contributed by atoms with Crippen molar-refractivity contribution in [2.24, 2.45) is 0 Å². The highest BCUT2D eigenvalue weighted by Gasteiger charge is 2.21. The fourth-order valence-electron chi connectivity index (χ4n) is 5.82. The van der Waals surface area contributed by atoms with Crippen molar-refractivity contribution in [3.63, 3.8) is 0 Å². The summed E-state index contributed by atoms with van der Waals surface area (Å²) in [5.41, 5.74) is 6.41. The van der Waals surface area contributed by atoms with E-state index in [-0.39, 0.29) is 12.5 Å². The molecule has 0 unspecified atom stereocenters. The molecule has 4 aliphatic heterocycles. The van der Waals surface area contributed by atoms with Gasteiger partial charge in [-0.15, -0.1) is 0 Å². The van der Waals surface area contributed by atoms with Crippen LogP contribution in [0.1, 0.15) is 27.8 Å². The molecule has 0 aromatic heterocycles. The van der Waals surface area contributed by atoms with Gasteiger partial charge >= 0.3 is 0 Å². The summed E-state index contributed by atoms with van der Waals surface area (Å²) >= 11 is 0. The second-order valence-corrected chi connectivity index (χ2v) is 13.0. The standard InChI is InChI=1S/C39H38O7S/c1-25-5-14-31(15-6-25)47(41)38-22-27-9-12-29-23-30(43-3)13-16-32(29)39-33(40)19-28(21-37(39)45-24-42-2)8-7-26-10-17-34(44-4)36(20-26)46-35(38)18-11-27/h5-6,10-11,13-23,40H,7-9,12,24H2,1-4H3/t47-/m0/s1. The number of aromatic hydroxyl groups is 1. The lowest BCUT2D eigenvalue weighted by molar-refractivity contribution is 0.0513. The largest absolute Gasteiger partial charge is 0.507 e. The van der Waals surface area contributed by atoms with Crippen LogP contribution in [0.5, 0.6) is 34.5 Å². The Morgan fingerprint density at radius 1 is 0.723 bits per heavy atom. The highest BCUT2D eigenvalue weighted by Crippen LogP contribution is 2.43. The van der Waals surface area contributed by atoms with Crippen LogP contribution in [-0.2, 0) is 41.2 Å². The third-order valence-corrected chi connectivity index (χ3v) is 9.75. The Labute approximate surface area is 278 Å². The molecule has 0 spiro atoms. The van der Waals surface area contributed by atoms with Gasteiger partial charge in [0, 0.05) is 12.0 Å². The Hall–Kier alpha value is -4.79. The van der Waals surface area contributed by atoms with E-state index in [1.807, 2.05) is 91.9 Å². The number of hydrogen-bond acceptors (Lipinski definition) is 7.